The lowest BCUT2D eigenvalue weighted by Crippen LogP contribution is -2.37. The van der Waals surface area contributed by atoms with E-state index in [2.05, 4.69) is 32.8 Å². The van der Waals surface area contributed by atoms with Gasteiger partial charge in [-0.05, 0) is 37.5 Å². The zero-order valence-corrected chi connectivity index (χ0v) is 14.5. The first kappa shape index (κ1) is 15.8. The van der Waals surface area contributed by atoms with Gasteiger partial charge < -0.3 is 20.4 Å². The van der Waals surface area contributed by atoms with Gasteiger partial charge in [0.2, 0.25) is 0 Å². The summed E-state index contributed by atoms with van der Waals surface area (Å²) >= 11 is 0. The van der Waals surface area contributed by atoms with Crippen LogP contribution in [0.2, 0.25) is 0 Å². The van der Waals surface area contributed by atoms with Crippen LogP contribution in [0.4, 0.5) is 11.6 Å². The number of aromatic amines is 1. The largest absolute Gasteiger partial charge is 0.382 e. The van der Waals surface area contributed by atoms with E-state index in [1.54, 1.807) is 13.3 Å². The van der Waals surface area contributed by atoms with E-state index in [0.29, 0.717) is 23.4 Å². The van der Waals surface area contributed by atoms with Crippen molar-refractivity contribution in [1.29, 1.82) is 0 Å². The first-order valence-corrected chi connectivity index (χ1v) is 8.51. The van der Waals surface area contributed by atoms with Crippen molar-refractivity contribution in [2.45, 2.75) is 25.9 Å². The van der Waals surface area contributed by atoms with Crippen molar-refractivity contribution in [1.82, 2.24) is 19.9 Å². The molecule has 3 N–H and O–H groups in total. The number of fused-ring (bicyclic) bond motifs is 1. The third-order valence-corrected chi connectivity index (χ3v) is 4.75. The van der Waals surface area contributed by atoms with Crippen molar-refractivity contribution in [3.05, 3.63) is 30.0 Å². The number of nitrogens with one attached hydrogen (secondary N) is 1. The predicted molar refractivity (Wildman–Crippen MR) is 103 cm³/mol. The number of benzene rings is 1. The molecule has 2 aromatic heterocycles. The molecule has 3 heterocycles. The van der Waals surface area contributed by atoms with Crippen LogP contribution in [0.15, 0.2) is 24.4 Å². The molecule has 1 aromatic carbocycles. The molecule has 7 heteroatoms. The predicted octanol–water partition coefficient (Wildman–Crippen LogP) is 3.02. The molecule has 0 atom stereocenters. The van der Waals surface area contributed by atoms with Gasteiger partial charge in [-0.3, -0.25) is 0 Å². The highest BCUT2D eigenvalue weighted by atomic mass is 16.5. The third kappa shape index (κ3) is 3.02. The van der Waals surface area contributed by atoms with Gasteiger partial charge >= 0.3 is 0 Å². The fourth-order valence-electron chi connectivity index (χ4n) is 3.27. The molecule has 0 spiro atoms. The van der Waals surface area contributed by atoms with Crippen LogP contribution >= 0.6 is 0 Å². The van der Waals surface area contributed by atoms with E-state index in [0.717, 1.165) is 42.8 Å². The van der Waals surface area contributed by atoms with Gasteiger partial charge in [-0.15, -0.1) is 0 Å². The fraction of sp³-hybridized carbons (Fsp3) is 0.389. The number of ether oxygens (including phenoxy) is 1. The summed E-state index contributed by atoms with van der Waals surface area (Å²) in [6.07, 6.45) is 4.04. The van der Waals surface area contributed by atoms with E-state index >= 15 is 0 Å². The number of hydrogen-bond acceptors (Lipinski definition) is 6. The van der Waals surface area contributed by atoms with E-state index < -0.39 is 0 Å². The number of aromatic nitrogens is 4. The second-order valence-electron chi connectivity index (χ2n) is 6.49. The average molecular weight is 342 g/mol. The van der Waals surface area contributed by atoms with Gasteiger partial charge in [-0.1, -0.05) is 6.07 Å². The number of hydrogen-bond donors (Lipinski definition) is 2. The molecule has 1 fully saturated rings. The second-order valence-corrected chi connectivity index (χ2v) is 6.49. The highest BCUT2D eigenvalue weighted by Crippen LogP contribution is 2.26. The van der Waals surface area contributed by atoms with E-state index in [9.17, 15) is 0 Å². The lowest BCUT2D eigenvalue weighted by Gasteiger charge is -2.32. The fourth-order valence-corrected chi connectivity index (χ4v) is 3.27. The molecule has 4 rings (SSSR count). The monoisotopic (exact) mass is 342 g/mol. The molecule has 1 saturated heterocycles. The maximum Gasteiger partial charge on any atom is 0.161 e. The Hall–Kier alpha value is -2.67. The number of nitrogens with two attached hydrogens (primary N) is 1. The van der Waals surface area contributed by atoms with Gasteiger partial charge in [0.25, 0.3) is 0 Å². The topological polar surface area (TPSA) is 93.0 Å². The molecule has 0 aliphatic carbocycles. The summed E-state index contributed by atoms with van der Waals surface area (Å²) < 4.78 is 5.43. The summed E-state index contributed by atoms with van der Waals surface area (Å²) in [7, 11) is 1.77. The molecule has 0 amide bonds. The molecule has 0 unspecified atom stereocenters. The number of anilines is 2. The van der Waals surface area contributed by atoms with Crippen molar-refractivity contribution < 1.29 is 7.59 Å². The Morgan fingerprint density at radius 2 is 2.08 bits per heavy atom. The molecule has 134 valence electrons. The van der Waals surface area contributed by atoms with Crippen LogP contribution in [0, 0.1) is 6.92 Å². The van der Waals surface area contributed by atoms with Gasteiger partial charge in [0.05, 0.1) is 23.3 Å². The summed E-state index contributed by atoms with van der Waals surface area (Å²) in [6, 6.07) is 6.10. The Morgan fingerprint density at radius 3 is 2.84 bits per heavy atom. The number of rotatable bonds is 3. The molecule has 3 aromatic rings. The Labute approximate surface area is 149 Å². The molecule has 7 nitrogen and oxygen atoms in total. The standard InChI is InChI=1S/C18H22N6O.2H2/c1-11-3-4-13-14(9-11)22-18(21-13)16-17(19)20-10-15(23-16)24-7-5-12(25-2)6-8-24;;/h3-4,9-10,12H,5-8H2,1-2H3,(H2,19,20)(H,21,22);2*1H. The quantitative estimate of drug-likeness (QED) is 0.760. The molecule has 0 bridgehead atoms. The molecule has 25 heavy (non-hydrogen) atoms. The van der Waals surface area contributed by atoms with Gasteiger partial charge in [0, 0.05) is 23.1 Å². The zero-order valence-electron chi connectivity index (χ0n) is 14.5. The summed E-state index contributed by atoms with van der Waals surface area (Å²) in [6.45, 7) is 3.85. The first-order valence-electron chi connectivity index (χ1n) is 8.51. The molecule has 1 aliphatic rings. The number of nitrogen functional groups attached to an aromatic ring is 1. The highest BCUT2D eigenvalue weighted by Gasteiger charge is 2.21. The Morgan fingerprint density at radius 1 is 1.28 bits per heavy atom. The van der Waals surface area contributed by atoms with E-state index in [1.165, 1.54) is 5.56 Å². The SMILES string of the molecule is COC1CCN(c2cnc(N)c(-c3nc4ccc(C)cc4[nH]3)n2)CC1.[HH].[HH]. The van der Waals surface area contributed by atoms with E-state index in [-0.39, 0.29) is 2.85 Å². The van der Waals surface area contributed by atoms with Gasteiger partial charge in [0.15, 0.2) is 17.3 Å². The summed E-state index contributed by atoms with van der Waals surface area (Å²) in [5, 5.41) is 0. The highest BCUT2D eigenvalue weighted by molar-refractivity contribution is 5.81. The van der Waals surface area contributed by atoms with Gasteiger partial charge in [-0.2, -0.15) is 0 Å². The maximum absolute atomic E-state index is 6.07. The Kier molecular flexibility index (Phi) is 4.01. The average Bonchev–Trinajstić information content (AvgIpc) is 3.05. The molecule has 0 radical (unpaired) electrons. The van der Waals surface area contributed by atoms with Crippen LogP contribution < -0.4 is 10.6 Å². The van der Waals surface area contributed by atoms with Crippen molar-refractivity contribution in [2.24, 2.45) is 0 Å². The van der Waals surface area contributed by atoms with Crippen molar-refractivity contribution in [2.75, 3.05) is 30.8 Å². The summed E-state index contributed by atoms with van der Waals surface area (Å²) in [5.74, 6) is 1.86. The molecule has 1 aliphatic heterocycles. The number of imidazole rings is 1. The minimum Gasteiger partial charge on any atom is -0.382 e. The first-order chi connectivity index (χ1) is 12.1. The van der Waals surface area contributed by atoms with E-state index in [1.807, 2.05) is 12.1 Å². The summed E-state index contributed by atoms with van der Waals surface area (Å²) in [4.78, 5) is 19.2. The lowest BCUT2D eigenvalue weighted by molar-refractivity contribution is 0.0818. The maximum atomic E-state index is 6.07. The van der Waals surface area contributed by atoms with Crippen LogP contribution in [0.1, 0.15) is 21.3 Å². The van der Waals surface area contributed by atoms with Crippen molar-refractivity contribution >= 4 is 22.7 Å². The molecule has 0 saturated carbocycles. The number of H-pyrrole nitrogens is 1. The Balaban J connectivity index is 0.00000131. The van der Waals surface area contributed by atoms with E-state index in [4.69, 9.17) is 15.5 Å². The Bertz CT molecular complexity index is 908. The molecular weight excluding hydrogens is 316 g/mol. The summed E-state index contributed by atoms with van der Waals surface area (Å²) in [5.41, 5.74) is 9.72. The minimum absolute atomic E-state index is 0. The van der Waals surface area contributed by atoms with Crippen LogP contribution in [-0.2, 0) is 4.74 Å². The number of methoxy groups -OCH3 is 1. The van der Waals surface area contributed by atoms with Crippen LogP contribution in [0.25, 0.3) is 22.6 Å². The van der Waals surface area contributed by atoms with Crippen molar-refractivity contribution in [3.63, 3.8) is 0 Å². The smallest absolute Gasteiger partial charge is 0.161 e. The van der Waals surface area contributed by atoms with Crippen molar-refractivity contribution in [3.8, 4) is 11.5 Å². The zero-order chi connectivity index (χ0) is 17.4. The number of nitrogens with zero attached hydrogens (tertiary/aromatic N) is 4. The lowest BCUT2D eigenvalue weighted by atomic mass is 10.1. The van der Waals surface area contributed by atoms with Crippen LogP contribution in [0.5, 0.6) is 0 Å². The molecular formula is C18H26N6O. The van der Waals surface area contributed by atoms with Crippen LogP contribution in [0.3, 0.4) is 0 Å². The van der Waals surface area contributed by atoms with Crippen LogP contribution in [-0.4, -0.2) is 46.2 Å². The second kappa shape index (κ2) is 6.33. The number of aryl methyl sites for hydroxylation is 1. The number of piperidine rings is 1. The normalized spacial score (nSPS) is 15.8. The minimum atomic E-state index is 0. The third-order valence-electron chi connectivity index (χ3n) is 4.75. The van der Waals surface area contributed by atoms with Gasteiger partial charge in [0.1, 0.15) is 5.82 Å². The van der Waals surface area contributed by atoms with Gasteiger partial charge in [-0.25, -0.2) is 15.0 Å².